The van der Waals surface area contributed by atoms with E-state index in [0.717, 1.165) is 0 Å². The fourth-order valence-corrected chi connectivity index (χ4v) is 2.24. The number of rotatable bonds is 4. The minimum atomic E-state index is -0.314. The monoisotopic (exact) mass is 322 g/mol. The van der Waals surface area contributed by atoms with Gasteiger partial charge in [-0.3, -0.25) is 0 Å². The first kappa shape index (κ1) is 14.2. The Labute approximate surface area is 135 Å². The molecule has 7 nitrogen and oxygen atoms in total. The van der Waals surface area contributed by atoms with Crippen molar-refractivity contribution in [1.82, 2.24) is 29.7 Å². The summed E-state index contributed by atoms with van der Waals surface area (Å²) in [5.41, 5.74) is 0.485. The van der Waals surface area contributed by atoms with E-state index in [1.54, 1.807) is 36.7 Å². The Morgan fingerprint density at radius 3 is 2.54 bits per heavy atom. The molecule has 0 bridgehead atoms. The number of nitrogens with zero attached hydrogens (tertiary/aromatic N) is 6. The molecule has 8 heteroatoms. The first-order chi connectivity index (χ1) is 11.8. The van der Waals surface area contributed by atoms with Gasteiger partial charge >= 0.3 is 0 Å². The predicted octanol–water partition coefficient (Wildman–Crippen LogP) is 2.58. The Morgan fingerprint density at radius 2 is 1.79 bits per heavy atom. The standard InChI is InChI=1S/C16H11FN6O/c17-12-5-2-1-4-11(12)10-23-15(13-18-6-3-7-19-13)21-14(22-23)16-20-8-9-24-16/h1-9H,10H2. The molecule has 3 heterocycles. The predicted molar refractivity (Wildman–Crippen MR) is 82.0 cm³/mol. The van der Waals surface area contributed by atoms with E-state index in [0.29, 0.717) is 23.0 Å². The van der Waals surface area contributed by atoms with Crippen molar-refractivity contribution in [3.63, 3.8) is 0 Å². The number of hydrogen-bond acceptors (Lipinski definition) is 6. The summed E-state index contributed by atoms with van der Waals surface area (Å²) in [4.78, 5) is 16.8. The summed E-state index contributed by atoms with van der Waals surface area (Å²) in [5.74, 6) is 1.05. The van der Waals surface area contributed by atoms with Gasteiger partial charge in [0.1, 0.15) is 12.1 Å². The second-order valence-corrected chi connectivity index (χ2v) is 4.92. The van der Waals surface area contributed by atoms with Gasteiger partial charge in [0.15, 0.2) is 11.6 Å². The molecule has 0 unspecified atom stereocenters. The van der Waals surface area contributed by atoms with E-state index < -0.39 is 0 Å². The molecule has 118 valence electrons. The summed E-state index contributed by atoms with van der Waals surface area (Å²) < 4.78 is 20.7. The van der Waals surface area contributed by atoms with Gasteiger partial charge in [0.05, 0.1) is 12.7 Å². The van der Waals surface area contributed by atoms with Crippen molar-refractivity contribution in [2.75, 3.05) is 0 Å². The van der Waals surface area contributed by atoms with Crippen LogP contribution in [0.3, 0.4) is 0 Å². The van der Waals surface area contributed by atoms with Crippen LogP contribution < -0.4 is 0 Å². The molecule has 0 aliphatic rings. The highest BCUT2D eigenvalue weighted by molar-refractivity contribution is 5.50. The van der Waals surface area contributed by atoms with Gasteiger partial charge in [-0.1, -0.05) is 18.2 Å². The molecular weight excluding hydrogens is 311 g/mol. The molecule has 4 rings (SSSR count). The largest absolute Gasteiger partial charge is 0.442 e. The average molecular weight is 322 g/mol. The maximum Gasteiger partial charge on any atom is 0.266 e. The Hall–Kier alpha value is -3.42. The van der Waals surface area contributed by atoms with E-state index >= 15 is 0 Å². The van der Waals surface area contributed by atoms with E-state index in [9.17, 15) is 4.39 Å². The lowest BCUT2D eigenvalue weighted by Gasteiger charge is -2.05. The Balaban J connectivity index is 1.81. The fourth-order valence-electron chi connectivity index (χ4n) is 2.24. The summed E-state index contributed by atoms with van der Waals surface area (Å²) in [6, 6.07) is 8.20. The summed E-state index contributed by atoms with van der Waals surface area (Å²) in [5, 5.41) is 4.37. The van der Waals surface area contributed by atoms with Crippen molar-refractivity contribution in [1.29, 1.82) is 0 Å². The van der Waals surface area contributed by atoms with E-state index in [4.69, 9.17) is 4.42 Å². The van der Waals surface area contributed by atoms with Crippen molar-refractivity contribution in [3.05, 3.63) is 66.6 Å². The normalized spacial score (nSPS) is 10.9. The van der Waals surface area contributed by atoms with Crippen LogP contribution >= 0.6 is 0 Å². The molecule has 0 atom stereocenters. The van der Waals surface area contributed by atoms with Crippen LogP contribution in [0.2, 0.25) is 0 Å². The zero-order valence-corrected chi connectivity index (χ0v) is 12.4. The topological polar surface area (TPSA) is 82.5 Å². The molecule has 0 spiro atoms. The van der Waals surface area contributed by atoms with Crippen LogP contribution in [0.5, 0.6) is 0 Å². The smallest absolute Gasteiger partial charge is 0.266 e. The molecule has 4 aromatic rings. The third kappa shape index (κ3) is 2.65. The van der Waals surface area contributed by atoms with Crippen LogP contribution in [0, 0.1) is 5.82 Å². The molecule has 0 saturated carbocycles. The van der Waals surface area contributed by atoms with Crippen LogP contribution in [-0.2, 0) is 6.54 Å². The molecule has 3 aromatic heterocycles. The van der Waals surface area contributed by atoms with Crippen molar-refractivity contribution in [2.24, 2.45) is 0 Å². The summed E-state index contributed by atoms with van der Waals surface area (Å²) in [7, 11) is 0. The highest BCUT2D eigenvalue weighted by atomic mass is 19.1. The second-order valence-electron chi connectivity index (χ2n) is 4.92. The lowest BCUT2D eigenvalue weighted by molar-refractivity contribution is 0.564. The van der Waals surface area contributed by atoms with Gasteiger partial charge in [0, 0.05) is 18.0 Å². The van der Waals surface area contributed by atoms with Gasteiger partial charge in [-0.2, -0.15) is 4.98 Å². The second kappa shape index (κ2) is 5.99. The quantitative estimate of drug-likeness (QED) is 0.574. The van der Waals surface area contributed by atoms with Gasteiger partial charge < -0.3 is 4.42 Å². The van der Waals surface area contributed by atoms with E-state index in [1.807, 2.05) is 0 Å². The minimum absolute atomic E-state index is 0.188. The average Bonchev–Trinajstić information content (AvgIpc) is 3.27. The molecule has 0 saturated heterocycles. The van der Waals surface area contributed by atoms with Gasteiger partial charge in [0.2, 0.25) is 5.82 Å². The molecule has 0 radical (unpaired) electrons. The van der Waals surface area contributed by atoms with Crippen molar-refractivity contribution >= 4 is 0 Å². The molecule has 0 N–H and O–H groups in total. The first-order valence-electron chi connectivity index (χ1n) is 7.17. The van der Waals surface area contributed by atoms with Gasteiger partial charge in [-0.25, -0.2) is 24.0 Å². The lowest BCUT2D eigenvalue weighted by atomic mass is 10.2. The Morgan fingerprint density at radius 1 is 0.958 bits per heavy atom. The molecule has 0 fully saturated rings. The summed E-state index contributed by atoms with van der Waals surface area (Å²) in [6.07, 6.45) is 6.15. The third-order valence-corrected chi connectivity index (χ3v) is 3.34. The zero-order chi connectivity index (χ0) is 16.4. The summed E-state index contributed by atoms with van der Waals surface area (Å²) >= 11 is 0. The highest BCUT2D eigenvalue weighted by Crippen LogP contribution is 2.20. The van der Waals surface area contributed by atoms with Crippen molar-refractivity contribution in [3.8, 4) is 23.4 Å². The molecular formula is C16H11FN6O. The third-order valence-electron chi connectivity index (χ3n) is 3.34. The number of halogens is 1. The van der Waals surface area contributed by atoms with Crippen LogP contribution in [0.1, 0.15) is 5.56 Å². The van der Waals surface area contributed by atoms with E-state index in [2.05, 4.69) is 25.0 Å². The van der Waals surface area contributed by atoms with E-state index in [-0.39, 0.29) is 18.3 Å². The van der Waals surface area contributed by atoms with Crippen LogP contribution in [0.25, 0.3) is 23.4 Å². The van der Waals surface area contributed by atoms with Gasteiger partial charge in [-0.05, 0) is 12.1 Å². The zero-order valence-electron chi connectivity index (χ0n) is 12.4. The SMILES string of the molecule is Fc1ccccc1Cn1nc(-c2ncco2)nc1-c1ncccn1. The number of aromatic nitrogens is 6. The maximum absolute atomic E-state index is 14.0. The van der Waals surface area contributed by atoms with E-state index in [1.165, 1.54) is 23.2 Å². The van der Waals surface area contributed by atoms with Gasteiger partial charge in [-0.15, -0.1) is 5.10 Å². The van der Waals surface area contributed by atoms with Gasteiger partial charge in [0.25, 0.3) is 5.89 Å². The lowest BCUT2D eigenvalue weighted by Crippen LogP contribution is -2.07. The van der Waals surface area contributed by atoms with Crippen LogP contribution in [0.15, 0.2) is 59.6 Å². The van der Waals surface area contributed by atoms with Crippen LogP contribution in [0.4, 0.5) is 4.39 Å². The Bertz CT molecular complexity index is 952. The Kier molecular flexibility index (Phi) is 3.54. The fraction of sp³-hybridized carbons (Fsp3) is 0.0625. The maximum atomic E-state index is 14.0. The number of oxazole rings is 1. The number of benzene rings is 1. The van der Waals surface area contributed by atoms with Crippen LogP contribution in [-0.4, -0.2) is 29.7 Å². The van der Waals surface area contributed by atoms with Crippen molar-refractivity contribution in [2.45, 2.75) is 6.54 Å². The molecule has 0 aliphatic carbocycles. The molecule has 0 aliphatic heterocycles. The number of hydrogen-bond donors (Lipinski definition) is 0. The highest BCUT2D eigenvalue weighted by Gasteiger charge is 2.18. The first-order valence-corrected chi connectivity index (χ1v) is 7.17. The minimum Gasteiger partial charge on any atom is -0.442 e. The molecule has 1 aromatic carbocycles. The molecule has 24 heavy (non-hydrogen) atoms. The van der Waals surface area contributed by atoms with Crippen molar-refractivity contribution < 1.29 is 8.81 Å². The summed E-state index contributed by atoms with van der Waals surface area (Å²) in [6.45, 7) is 0.188. The molecule has 0 amide bonds.